The summed E-state index contributed by atoms with van der Waals surface area (Å²) in [6.07, 6.45) is 1.66. The number of carbonyl (C=O) groups is 1. The van der Waals surface area contributed by atoms with Crippen molar-refractivity contribution in [1.82, 2.24) is 4.57 Å². The first-order chi connectivity index (χ1) is 13.7. The standard InChI is InChI=1S/C22H19N3O2S.ClH/c1-16(26)23-21-20(17-9-4-2-5-10-17)25(15-19-13-8-14-27-19)22(28-21)24-18-11-6-3-7-12-18;/h2-14H,15H2,1H3,(H,23,26);1H. The SMILES string of the molecule is CC(=O)Nc1sc(=Nc2ccccc2)n(Cc2ccco2)c1-c1ccccc1.Cl. The highest BCUT2D eigenvalue weighted by molar-refractivity contribution is 7.14. The first-order valence-electron chi connectivity index (χ1n) is 8.89. The number of aromatic nitrogens is 1. The van der Waals surface area contributed by atoms with Crippen LogP contribution < -0.4 is 10.1 Å². The number of nitrogens with one attached hydrogen (secondary N) is 1. The van der Waals surface area contributed by atoms with Gasteiger partial charge in [-0.25, -0.2) is 4.99 Å². The Morgan fingerprint density at radius 1 is 1.03 bits per heavy atom. The third-order valence-corrected chi connectivity index (χ3v) is 5.11. The lowest BCUT2D eigenvalue weighted by atomic mass is 10.1. The summed E-state index contributed by atoms with van der Waals surface area (Å²) < 4.78 is 7.66. The fraction of sp³-hybridized carbons (Fsp3) is 0.0909. The molecule has 0 bridgehead atoms. The first kappa shape index (κ1) is 20.6. The Bertz CT molecular complexity index is 1130. The summed E-state index contributed by atoms with van der Waals surface area (Å²) in [6, 6.07) is 23.6. The Morgan fingerprint density at radius 3 is 2.34 bits per heavy atom. The molecule has 0 fully saturated rings. The molecule has 4 aromatic rings. The molecular formula is C22H20ClN3O2S. The number of furan rings is 1. The van der Waals surface area contributed by atoms with Crippen LogP contribution in [0.15, 0.2) is 88.5 Å². The molecule has 2 aromatic carbocycles. The summed E-state index contributed by atoms with van der Waals surface area (Å²) in [5.74, 6) is 0.703. The predicted molar refractivity (Wildman–Crippen MR) is 119 cm³/mol. The van der Waals surface area contributed by atoms with Gasteiger partial charge in [0.05, 0.1) is 24.2 Å². The van der Waals surface area contributed by atoms with Crippen LogP contribution in [0.25, 0.3) is 11.3 Å². The van der Waals surface area contributed by atoms with Gasteiger partial charge in [-0.05, 0) is 24.3 Å². The van der Waals surface area contributed by atoms with E-state index >= 15 is 0 Å². The number of benzene rings is 2. The molecular weight excluding hydrogens is 406 g/mol. The van der Waals surface area contributed by atoms with Gasteiger partial charge in [0.15, 0.2) is 4.80 Å². The molecule has 2 heterocycles. The zero-order chi connectivity index (χ0) is 19.3. The van der Waals surface area contributed by atoms with Crippen molar-refractivity contribution in [2.45, 2.75) is 13.5 Å². The first-order valence-corrected chi connectivity index (χ1v) is 9.71. The van der Waals surface area contributed by atoms with Crippen LogP contribution in [0.2, 0.25) is 0 Å². The minimum absolute atomic E-state index is 0. The molecule has 2 aromatic heterocycles. The maximum Gasteiger partial charge on any atom is 0.221 e. The molecule has 0 aliphatic rings. The van der Waals surface area contributed by atoms with Crippen LogP contribution in [0.5, 0.6) is 0 Å². The van der Waals surface area contributed by atoms with Gasteiger partial charge < -0.3 is 14.3 Å². The lowest BCUT2D eigenvalue weighted by Gasteiger charge is -2.10. The molecule has 0 atom stereocenters. The van der Waals surface area contributed by atoms with Gasteiger partial charge in [0, 0.05) is 12.5 Å². The Hall–Kier alpha value is -3.09. The van der Waals surface area contributed by atoms with Crippen molar-refractivity contribution in [3.8, 4) is 11.3 Å². The number of thiazole rings is 1. The smallest absolute Gasteiger partial charge is 0.221 e. The molecule has 0 radical (unpaired) electrons. The molecule has 0 saturated carbocycles. The number of hydrogen-bond acceptors (Lipinski definition) is 4. The van der Waals surface area contributed by atoms with Crippen molar-refractivity contribution < 1.29 is 9.21 Å². The van der Waals surface area contributed by atoms with E-state index in [2.05, 4.69) is 9.88 Å². The largest absolute Gasteiger partial charge is 0.467 e. The van der Waals surface area contributed by atoms with E-state index in [4.69, 9.17) is 9.41 Å². The number of halogens is 1. The number of para-hydroxylation sites is 1. The van der Waals surface area contributed by atoms with E-state index in [1.807, 2.05) is 72.8 Å². The molecule has 5 nitrogen and oxygen atoms in total. The maximum absolute atomic E-state index is 11.8. The third-order valence-electron chi connectivity index (χ3n) is 4.12. The second-order valence-corrected chi connectivity index (χ2v) is 7.20. The van der Waals surface area contributed by atoms with Gasteiger partial charge in [-0.15, -0.1) is 12.4 Å². The molecule has 148 valence electrons. The zero-order valence-corrected chi connectivity index (χ0v) is 17.4. The molecule has 1 amide bonds. The molecule has 29 heavy (non-hydrogen) atoms. The second-order valence-electron chi connectivity index (χ2n) is 6.22. The van der Waals surface area contributed by atoms with E-state index in [-0.39, 0.29) is 18.3 Å². The normalized spacial score (nSPS) is 11.1. The fourth-order valence-electron chi connectivity index (χ4n) is 2.94. The Labute approximate surface area is 178 Å². The molecule has 0 aliphatic heterocycles. The molecule has 0 saturated heterocycles. The average molecular weight is 426 g/mol. The molecule has 7 heteroatoms. The lowest BCUT2D eigenvalue weighted by molar-refractivity contribution is -0.114. The maximum atomic E-state index is 11.8. The Balaban J connectivity index is 0.00000240. The minimum atomic E-state index is -0.116. The Morgan fingerprint density at radius 2 is 1.72 bits per heavy atom. The summed E-state index contributed by atoms with van der Waals surface area (Å²) >= 11 is 1.45. The van der Waals surface area contributed by atoms with Crippen molar-refractivity contribution in [3.63, 3.8) is 0 Å². The van der Waals surface area contributed by atoms with Gasteiger partial charge in [-0.2, -0.15) is 0 Å². The Kier molecular flexibility index (Phi) is 6.69. The number of nitrogens with zero attached hydrogens (tertiary/aromatic N) is 2. The topological polar surface area (TPSA) is 59.5 Å². The van der Waals surface area contributed by atoms with Gasteiger partial charge in [-0.1, -0.05) is 59.9 Å². The highest BCUT2D eigenvalue weighted by Crippen LogP contribution is 2.31. The van der Waals surface area contributed by atoms with Gasteiger partial charge >= 0.3 is 0 Å². The van der Waals surface area contributed by atoms with Crippen molar-refractivity contribution in [3.05, 3.63) is 89.6 Å². The van der Waals surface area contributed by atoms with Gasteiger partial charge in [0.2, 0.25) is 5.91 Å². The molecule has 1 N–H and O–H groups in total. The number of anilines is 1. The molecule has 0 unspecified atom stereocenters. The van der Waals surface area contributed by atoms with Gasteiger partial charge in [-0.3, -0.25) is 4.79 Å². The quantitative estimate of drug-likeness (QED) is 0.460. The van der Waals surface area contributed by atoms with Crippen molar-refractivity contribution in [2.24, 2.45) is 4.99 Å². The monoisotopic (exact) mass is 425 g/mol. The highest BCUT2D eigenvalue weighted by atomic mass is 35.5. The van der Waals surface area contributed by atoms with E-state index in [1.54, 1.807) is 6.26 Å². The molecule has 4 rings (SSSR count). The summed E-state index contributed by atoms with van der Waals surface area (Å²) in [4.78, 5) is 17.4. The fourth-order valence-corrected chi connectivity index (χ4v) is 4.06. The second kappa shape index (κ2) is 9.41. The van der Waals surface area contributed by atoms with Crippen LogP contribution in [-0.2, 0) is 11.3 Å². The van der Waals surface area contributed by atoms with Gasteiger partial charge in [0.25, 0.3) is 0 Å². The summed E-state index contributed by atoms with van der Waals surface area (Å²) in [5.41, 5.74) is 2.77. The lowest BCUT2D eigenvalue weighted by Crippen LogP contribution is -2.16. The van der Waals surface area contributed by atoms with Crippen LogP contribution in [0.1, 0.15) is 12.7 Å². The van der Waals surface area contributed by atoms with Crippen molar-refractivity contribution >= 4 is 40.3 Å². The molecule has 0 aliphatic carbocycles. The van der Waals surface area contributed by atoms with Crippen LogP contribution in [-0.4, -0.2) is 10.5 Å². The van der Waals surface area contributed by atoms with Crippen molar-refractivity contribution in [1.29, 1.82) is 0 Å². The average Bonchev–Trinajstić information content (AvgIpc) is 3.32. The van der Waals surface area contributed by atoms with Crippen molar-refractivity contribution in [2.75, 3.05) is 5.32 Å². The predicted octanol–water partition coefficient (Wildman–Crippen LogP) is 5.47. The number of rotatable bonds is 5. The minimum Gasteiger partial charge on any atom is -0.467 e. The summed E-state index contributed by atoms with van der Waals surface area (Å²) in [7, 11) is 0. The van der Waals surface area contributed by atoms with Crippen LogP contribution in [0.3, 0.4) is 0 Å². The van der Waals surface area contributed by atoms with Crippen LogP contribution >= 0.6 is 23.7 Å². The van der Waals surface area contributed by atoms with E-state index in [9.17, 15) is 4.79 Å². The zero-order valence-electron chi connectivity index (χ0n) is 15.7. The number of amides is 1. The van der Waals surface area contributed by atoms with E-state index < -0.39 is 0 Å². The number of hydrogen-bond donors (Lipinski definition) is 1. The molecule has 0 spiro atoms. The number of carbonyl (C=O) groups excluding carboxylic acids is 1. The van der Waals surface area contributed by atoms with E-state index in [0.717, 1.165) is 32.5 Å². The third kappa shape index (κ3) is 4.85. The summed E-state index contributed by atoms with van der Waals surface area (Å²) in [5, 5.41) is 3.73. The highest BCUT2D eigenvalue weighted by Gasteiger charge is 2.17. The van der Waals surface area contributed by atoms with E-state index in [1.165, 1.54) is 18.3 Å². The van der Waals surface area contributed by atoms with Crippen LogP contribution in [0, 0.1) is 0 Å². The summed E-state index contributed by atoms with van der Waals surface area (Å²) in [6.45, 7) is 2.03. The van der Waals surface area contributed by atoms with Gasteiger partial charge in [0.1, 0.15) is 10.8 Å². The van der Waals surface area contributed by atoms with E-state index in [0.29, 0.717) is 6.54 Å². The van der Waals surface area contributed by atoms with Crippen LogP contribution in [0.4, 0.5) is 10.7 Å².